The maximum absolute atomic E-state index is 13.0. The van der Waals surface area contributed by atoms with Crippen LogP contribution in [-0.2, 0) is 16.4 Å². The quantitative estimate of drug-likeness (QED) is 0.622. The molecule has 3 aromatic rings. The van der Waals surface area contributed by atoms with Crippen molar-refractivity contribution in [1.82, 2.24) is 24.5 Å². The molecule has 146 valence electrons. The van der Waals surface area contributed by atoms with Gasteiger partial charge in [-0.1, -0.05) is 0 Å². The Labute approximate surface area is 165 Å². The molecule has 0 atom stereocenters. The van der Waals surface area contributed by atoms with Crippen molar-refractivity contribution in [2.24, 2.45) is 0 Å². The number of halogens is 1. The molecule has 3 heterocycles. The number of anilines is 1. The highest BCUT2D eigenvalue weighted by molar-refractivity contribution is 7.90. The first-order chi connectivity index (χ1) is 13.3. The number of fused-ring (bicyclic) bond motifs is 1. The summed E-state index contributed by atoms with van der Waals surface area (Å²) in [6.07, 6.45) is 6.76. The molecular weight excluding hydrogens is 404 g/mol. The normalized spacial score (nSPS) is 14.8. The number of aromatic nitrogens is 5. The Bertz CT molecular complexity index is 1210. The zero-order valence-electron chi connectivity index (χ0n) is 15.0. The van der Waals surface area contributed by atoms with Crippen LogP contribution in [0, 0.1) is 0 Å². The van der Waals surface area contributed by atoms with Gasteiger partial charge in [-0.2, -0.15) is 4.98 Å². The first-order valence-corrected chi connectivity index (χ1v) is 10.9. The summed E-state index contributed by atoms with van der Waals surface area (Å²) in [6, 6.07) is 3.14. The number of nitrogens with one attached hydrogen (secondary N) is 1. The molecule has 3 aromatic heterocycles. The Morgan fingerprint density at radius 3 is 2.61 bits per heavy atom. The van der Waals surface area contributed by atoms with E-state index in [1.807, 2.05) is 0 Å². The summed E-state index contributed by atoms with van der Waals surface area (Å²) in [4.78, 5) is 29.7. The summed E-state index contributed by atoms with van der Waals surface area (Å²) >= 11 is 5.90. The van der Waals surface area contributed by atoms with Gasteiger partial charge in [0.1, 0.15) is 5.52 Å². The highest BCUT2D eigenvalue weighted by Crippen LogP contribution is 2.32. The van der Waals surface area contributed by atoms with Crippen LogP contribution in [-0.4, -0.2) is 39.2 Å². The molecule has 0 spiro atoms. The molecule has 0 unspecified atom stereocenters. The lowest BCUT2D eigenvalue weighted by molar-refractivity contribution is 0.313. The van der Waals surface area contributed by atoms with E-state index in [1.54, 1.807) is 10.6 Å². The van der Waals surface area contributed by atoms with Gasteiger partial charge in [0.05, 0.1) is 23.3 Å². The minimum Gasteiger partial charge on any atom is -0.360 e. The average Bonchev–Trinajstić information content (AvgIpc) is 2.61. The van der Waals surface area contributed by atoms with E-state index in [4.69, 9.17) is 11.6 Å². The summed E-state index contributed by atoms with van der Waals surface area (Å²) < 4.78 is 24.7. The van der Waals surface area contributed by atoms with E-state index in [-0.39, 0.29) is 34.1 Å². The van der Waals surface area contributed by atoms with Crippen LogP contribution in [0.15, 0.2) is 34.2 Å². The summed E-state index contributed by atoms with van der Waals surface area (Å²) in [7, 11) is -3.31. The van der Waals surface area contributed by atoms with Gasteiger partial charge in [-0.25, -0.2) is 18.4 Å². The second-order valence-corrected chi connectivity index (χ2v) is 9.03. The summed E-state index contributed by atoms with van der Waals surface area (Å²) in [5, 5.41) is 3.06. The van der Waals surface area contributed by atoms with Gasteiger partial charge in [0, 0.05) is 18.5 Å². The molecular formula is C17H17ClN6O3S. The monoisotopic (exact) mass is 420 g/mol. The molecule has 0 saturated heterocycles. The third-order valence-electron chi connectivity index (χ3n) is 4.70. The third-order valence-corrected chi connectivity index (χ3v) is 5.98. The third kappa shape index (κ3) is 3.57. The second kappa shape index (κ2) is 7.10. The Morgan fingerprint density at radius 2 is 2.00 bits per heavy atom. The van der Waals surface area contributed by atoms with E-state index >= 15 is 0 Å². The number of sulfone groups is 1. The summed E-state index contributed by atoms with van der Waals surface area (Å²) in [5.41, 5.74) is 1.20. The van der Waals surface area contributed by atoms with Crippen LogP contribution < -0.4 is 10.9 Å². The molecule has 9 nitrogen and oxygen atoms in total. The van der Waals surface area contributed by atoms with Crippen molar-refractivity contribution in [3.63, 3.8) is 0 Å². The van der Waals surface area contributed by atoms with Crippen molar-refractivity contribution in [1.29, 1.82) is 0 Å². The zero-order valence-corrected chi connectivity index (χ0v) is 16.5. The minimum atomic E-state index is -3.31. The molecule has 0 bridgehead atoms. The lowest BCUT2D eigenvalue weighted by Gasteiger charge is -2.28. The van der Waals surface area contributed by atoms with E-state index in [0.29, 0.717) is 16.9 Å². The molecule has 11 heteroatoms. The minimum absolute atomic E-state index is 0.0664. The fraction of sp³-hybridized carbons (Fsp3) is 0.353. The molecule has 1 aliphatic rings. The van der Waals surface area contributed by atoms with Crippen LogP contribution >= 0.6 is 11.6 Å². The molecule has 1 saturated carbocycles. The Hall–Kier alpha value is -2.59. The largest absolute Gasteiger partial charge is 0.360 e. The average molecular weight is 421 g/mol. The molecule has 1 aliphatic carbocycles. The van der Waals surface area contributed by atoms with E-state index in [0.717, 1.165) is 25.5 Å². The number of hydrogen-bond acceptors (Lipinski definition) is 8. The van der Waals surface area contributed by atoms with Gasteiger partial charge in [0.25, 0.3) is 5.56 Å². The molecule has 28 heavy (non-hydrogen) atoms. The van der Waals surface area contributed by atoms with Crippen molar-refractivity contribution in [3.8, 4) is 0 Å². The molecule has 4 rings (SSSR count). The fourth-order valence-electron chi connectivity index (χ4n) is 2.99. The summed E-state index contributed by atoms with van der Waals surface area (Å²) in [5.74, 6) is 0.166. The predicted molar refractivity (Wildman–Crippen MR) is 104 cm³/mol. The molecule has 0 radical (unpaired) electrons. The number of hydrogen-bond donors (Lipinski definition) is 1. The van der Waals surface area contributed by atoms with Gasteiger partial charge in [-0.05, 0) is 43.0 Å². The van der Waals surface area contributed by atoms with Crippen LogP contribution in [0.3, 0.4) is 0 Å². The SMILES string of the molecule is CS(=O)(=O)c1ccc(CNc2nc3cnc(Cl)nc3n(C3CCC3)c2=O)nc1. The fourth-order valence-corrected chi connectivity index (χ4v) is 3.68. The van der Waals surface area contributed by atoms with Gasteiger partial charge in [0.2, 0.25) is 5.28 Å². The molecule has 1 fully saturated rings. The van der Waals surface area contributed by atoms with E-state index in [1.165, 1.54) is 18.5 Å². The second-order valence-electron chi connectivity index (χ2n) is 6.68. The van der Waals surface area contributed by atoms with Crippen LogP contribution in [0.4, 0.5) is 5.82 Å². The highest BCUT2D eigenvalue weighted by atomic mass is 35.5. The standard InChI is InChI=1S/C17H17ClN6O3S/c1-28(26,27)12-6-5-10(19-8-12)7-20-14-16(25)24(11-3-2-4-11)15-13(22-14)9-21-17(18)23-15/h5-6,8-9,11H,2-4,7H2,1H3,(H,20,22). The zero-order chi connectivity index (χ0) is 19.9. The predicted octanol–water partition coefficient (Wildman–Crippen LogP) is 1.98. The lowest BCUT2D eigenvalue weighted by atomic mass is 9.93. The van der Waals surface area contributed by atoms with Gasteiger partial charge in [-0.3, -0.25) is 14.3 Å². The van der Waals surface area contributed by atoms with E-state index < -0.39 is 9.84 Å². The van der Waals surface area contributed by atoms with E-state index in [9.17, 15) is 13.2 Å². The summed E-state index contributed by atoms with van der Waals surface area (Å²) in [6.45, 7) is 0.219. The molecule has 0 aliphatic heterocycles. The van der Waals surface area contributed by atoms with Crippen molar-refractivity contribution in [2.45, 2.75) is 36.7 Å². The smallest absolute Gasteiger partial charge is 0.295 e. The van der Waals surface area contributed by atoms with Crippen molar-refractivity contribution in [3.05, 3.63) is 45.9 Å². The number of rotatable bonds is 5. The number of pyridine rings is 1. The Balaban J connectivity index is 1.66. The van der Waals surface area contributed by atoms with Gasteiger partial charge >= 0.3 is 0 Å². The van der Waals surface area contributed by atoms with Gasteiger partial charge in [-0.15, -0.1) is 0 Å². The van der Waals surface area contributed by atoms with E-state index in [2.05, 4.69) is 25.3 Å². The lowest BCUT2D eigenvalue weighted by Crippen LogP contribution is -2.32. The Kier molecular flexibility index (Phi) is 4.76. The van der Waals surface area contributed by atoms with Crippen LogP contribution in [0.5, 0.6) is 0 Å². The van der Waals surface area contributed by atoms with Crippen molar-refractivity contribution < 1.29 is 8.42 Å². The maximum atomic E-state index is 13.0. The van der Waals surface area contributed by atoms with Gasteiger partial charge in [0.15, 0.2) is 21.3 Å². The van der Waals surface area contributed by atoms with Crippen LogP contribution in [0.1, 0.15) is 31.0 Å². The van der Waals surface area contributed by atoms with Gasteiger partial charge < -0.3 is 5.32 Å². The molecule has 0 aromatic carbocycles. The molecule has 1 N–H and O–H groups in total. The van der Waals surface area contributed by atoms with Crippen molar-refractivity contribution in [2.75, 3.05) is 11.6 Å². The van der Waals surface area contributed by atoms with Crippen molar-refractivity contribution >= 4 is 38.4 Å². The number of nitrogens with zero attached hydrogens (tertiary/aromatic N) is 5. The highest BCUT2D eigenvalue weighted by Gasteiger charge is 2.25. The topological polar surface area (TPSA) is 120 Å². The Morgan fingerprint density at radius 1 is 1.21 bits per heavy atom. The first-order valence-electron chi connectivity index (χ1n) is 8.66. The first kappa shape index (κ1) is 18.8. The van der Waals surface area contributed by atoms with Crippen LogP contribution in [0.25, 0.3) is 11.2 Å². The molecule has 0 amide bonds. The van der Waals surface area contributed by atoms with Crippen LogP contribution in [0.2, 0.25) is 5.28 Å². The maximum Gasteiger partial charge on any atom is 0.295 e.